The minimum atomic E-state index is -1.22. The Morgan fingerprint density at radius 2 is 0.662 bits per heavy atom. The van der Waals surface area contributed by atoms with E-state index in [4.69, 9.17) is 4.74 Å². The normalized spacial score (nSPS) is 16.3. The van der Waals surface area contributed by atoms with E-state index in [1.165, 1.54) is 97.3 Å². The Bertz CT molecular complexity index is 3910. The van der Waals surface area contributed by atoms with Gasteiger partial charge in [-0.2, -0.15) is 0 Å². The molecule has 354 valence electrons. The van der Waals surface area contributed by atoms with Crippen molar-refractivity contribution in [2.45, 2.75) is 38.5 Å². The van der Waals surface area contributed by atoms with Crippen LogP contribution >= 0.6 is 0 Å². The number of hydrogen-bond acceptors (Lipinski definition) is 5. The van der Waals surface area contributed by atoms with Gasteiger partial charge in [0.1, 0.15) is 0 Å². The van der Waals surface area contributed by atoms with Crippen LogP contribution in [0.5, 0.6) is 11.5 Å². The Balaban J connectivity index is 1.15. The fourth-order valence-corrected chi connectivity index (χ4v) is 17.0. The van der Waals surface area contributed by atoms with E-state index in [0.717, 1.165) is 45.5 Å². The van der Waals surface area contributed by atoms with Gasteiger partial charge >= 0.3 is 441 Å². The van der Waals surface area contributed by atoms with Crippen molar-refractivity contribution < 1.29 is 22.4 Å². The molecule has 17 rings (SSSR count). The Hall–Kier alpha value is -8.37. The zero-order valence-corrected chi connectivity index (χ0v) is 43.3. The van der Waals surface area contributed by atoms with Gasteiger partial charge in [0.2, 0.25) is 0 Å². The Labute approximate surface area is 438 Å². The monoisotopic (exact) mass is 1130 g/mol. The molecule has 10 aromatic carbocycles. The van der Waals surface area contributed by atoms with Gasteiger partial charge in [-0.05, 0) is 0 Å². The van der Waals surface area contributed by atoms with Gasteiger partial charge in [0, 0.05) is 0 Å². The van der Waals surface area contributed by atoms with Crippen LogP contribution in [-0.2, 0) is 28.5 Å². The van der Waals surface area contributed by atoms with Crippen LogP contribution in [0.15, 0.2) is 194 Å². The second kappa shape index (κ2) is 14.2. The molecule has 0 atom stereocenters. The van der Waals surface area contributed by atoms with E-state index in [1.807, 2.05) is 12.1 Å². The van der Waals surface area contributed by atoms with Crippen LogP contribution in [0.1, 0.15) is 49.9 Å². The number of nitrogens with zero attached hydrogens (tertiary/aromatic N) is 4. The van der Waals surface area contributed by atoms with Crippen molar-refractivity contribution in [3.63, 3.8) is 0 Å². The van der Waals surface area contributed by atoms with E-state index in [0.29, 0.717) is 11.5 Å². The third-order valence-electron chi connectivity index (χ3n) is 16.9. The number of rotatable bonds is 0. The summed E-state index contributed by atoms with van der Waals surface area (Å²) in [5, 5.41) is 0. The molecule has 10 aromatic rings. The number of anilines is 8. The summed E-state index contributed by atoms with van der Waals surface area (Å²) < 4.78 is 9.17. The van der Waals surface area contributed by atoms with Crippen LogP contribution in [0.2, 0.25) is 0 Å². The van der Waals surface area contributed by atoms with Crippen LogP contribution in [-0.4, -0.2) is 8.29 Å². The average Bonchev–Trinajstić information content (AvgIpc) is 4.08. The average molecular weight is 1130 g/mol. The second-order valence-electron chi connectivity index (χ2n) is 21.5. The Morgan fingerprint density at radius 1 is 0.338 bits per heavy atom. The molecule has 0 fully saturated rings. The van der Waals surface area contributed by atoms with Crippen LogP contribution < -0.4 is 24.3 Å². The molecule has 5 heterocycles. The van der Waals surface area contributed by atoms with E-state index < -0.39 is 17.6 Å². The summed E-state index contributed by atoms with van der Waals surface area (Å²) in [6.07, 6.45) is 0. The summed E-state index contributed by atoms with van der Waals surface area (Å²) in [6, 6.07) is 81.4. The standard InChI is InChI=1S/C68H44N4O.Pt/c1-67(2)57-29-25-41-33-53(57)54-34-42(26-30-58(54)67)50-18-12-20-52-44-28-32-60-56(36-44)55-35-43(27-31-59(55)68(60,3)4)51-19-11-17-49(41)65(51)71-39-69(61-21-5-7-23-63(61)71)45-13-9-15-47(37-45)73-48-16-10-14-46(38-48)70-40-72(66(50)52)64-24-8-6-22-62(64)70;/h5-36H,1-4H3;/q-2;. The zero-order valence-electron chi connectivity index (χ0n) is 41.0. The van der Waals surface area contributed by atoms with Crippen LogP contribution in [0.25, 0.3) is 66.8 Å². The maximum atomic E-state index is 6.80. The molecule has 0 saturated heterocycles. The van der Waals surface area contributed by atoms with Gasteiger partial charge in [-0.25, -0.2) is 0 Å². The van der Waals surface area contributed by atoms with Crippen molar-refractivity contribution in [1.82, 2.24) is 0 Å². The number of hydrogen-bond donors (Lipinski definition) is 0. The number of para-hydroxylation sites is 6. The zero-order chi connectivity index (χ0) is 48.9. The summed E-state index contributed by atoms with van der Waals surface area (Å²) >= 11 is -1.22. The van der Waals surface area contributed by atoms with Gasteiger partial charge in [-0.15, -0.1) is 0 Å². The van der Waals surface area contributed by atoms with Crippen molar-refractivity contribution in [3.8, 4) is 78.3 Å². The van der Waals surface area contributed by atoms with E-state index >= 15 is 0 Å². The van der Waals surface area contributed by atoms with E-state index in [1.54, 1.807) is 0 Å². The van der Waals surface area contributed by atoms with Gasteiger partial charge in [0.15, 0.2) is 0 Å². The molecule has 0 radical (unpaired) electrons. The topological polar surface area (TPSA) is 22.2 Å². The van der Waals surface area contributed by atoms with Gasteiger partial charge in [0.05, 0.1) is 0 Å². The van der Waals surface area contributed by atoms with E-state index in [9.17, 15) is 0 Å². The van der Waals surface area contributed by atoms with Crippen molar-refractivity contribution in [2.75, 3.05) is 19.6 Å². The molecular formula is C68H44N4OPt-2. The molecule has 0 N–H and O–H groups in total. The third kappa shape index (κ3) is 5.27. The minimum absolute atomic E-state index is 0.195. The summed E-state index contributed by atoms with van der Waals surface area (Å²) in [5.74, 6) is 1.28. The van der Waals surface area contributed by atoms with Crippen molar-refractivity contribution in [3.05, 3.63) is 229 Å². The van der Waals surface area contributed by atoms with Crippen LogP contribution in [0.4, 0.5) is 45.5 Å². The fourth-order valence-electron chi connectivity index (χ4n) is 13.4. The Kier molecular flexibility index (Phi) is 7.91. The predicted molar refractivity (Wildman–Crippen MR) is 299 cm³/mol. The molecule has 0 saturated carbocycles. The Morgan fingerprint density at radius 3 is 1.01 bits per heavy atom. The van der Waals surface area contributed by atoms with Gasteiger partial charge in [0.25, 0.3) is 0 Å². The molecule has 6 heteroatoms. The summed E-state index contributed by atoms with van der Waals surface area (Å²) in [6.45, 7) is 9.58. The molecular weight excluding hydrogens is 1080 g/mol. The molecule has 2 aliphatic carbocycles. The van der Waals surface area contributed by atoms with Crippen molar-refractivity contribution in [2.24, 2.45) is 0 Å². The second-order valence-corrected chi connectivity index (χ2v) is 24.1. The first-order chi connectivity index (χ1) is 36.2. The van der Waals surface area contributed by atoms with Gasteiger partial charge < -0.3 is 0 Å². The number of benzene rings is 10. The third-order valence-corrected chi connectivity index (χ3v) is 19.9. The number of fused-ring (bicyclic) bond motifs is 18. The molecule has 74 heavy (non-hydrogen) atoms. The molecule has 5 nitrogen and oxygen atoms in total. The van der Waals surface area contributed by atoms with Crippen LogP contribution in [0.3, 0.4) is 0 Å². The maximum absolute atomic E-state index is 6.80. The quantitative estimate of drug-likeness (QED) is 0.141. The van der Waals surface area contributed by atoms with Gasteiger partial charge in [-0.3, -0.25) is 0 Å². The molecule has 0 spiro atoms. The predicted octanol–water partition coefficient (Wildman–Crippen LogP) is 16.8. The fraction of sp³-hybridized carbons (Fsp3) is 0.0882. The number of ether oxygens (including phenoxy) is 1. The van der Waals surface area contributed by atoms with E-state index in [-0.39, 0.29) is 10.8 Å². The van der Waals surface area contributed by atoms with Crippen LogP contribution in [0, 0.1) is 12.1 Å². The summed E-state index contributed by atoms with van der Waals surface area (Å²) in [5.41, 5.74) is 28.2. The molecule has 7 aliphatic rings. The molecule has 0 unspecified atom stereocenters. The first kappa shape index (κ1) is 41.1. The molecule has 0 aromatic heterocycles. The van der Waals surface area contributed by atoms with Crippen molar-refractivity contribution >= 4 is 53.8 Å². The molecule has 16 bridgehead atoms. The molecule has 0 amide bonds. The van der Waals surface area contributed by atoms with Gasteiger partial charge in [-0.1, -0.05) is 0 Å². The first-order valence-corrected chi connectivity index (χ1v) is 27.8. The SMILES string of the molecule is CC1(C)c2ccc3cc2-c2cc(ccc21)-c1cccc2c1N1[C]4=[Pt]=[C]5N(c6[c-]c(ccc6)Oc6[c-]c(ccc6)N4c4ccccc41)c1ccccc1N5c1c-3cccc1-c1ccc3c(c1)-c1cc-2ccc1C3(C)C. The first-order valence-electron chi connectivity index (χ1n) is 25.5. The summed E-state index contributed by atoms with van der Waals surface area (Å²) in [7, 11) is 0. The molecule has 5 aliphatic heterocycles. The summed E-state index contributed by atoms with van der Waals surface area (Å²) in [4.78, 5) is 10.3. The van der Waals surface area contributed by atoms with E-state index in [2.05, 4.69) is 241 Å². The van der Waals surface area contributed by atoms with Crippen molar-refractivity contribution in [1.29, 1.82) is 0 Å².